The fourth-order valence-electron chi connectivity index (χ4n) is 2.61. The first kappa shape index (κ1) is 13.3. The Bertz CT molecular complexity index is 395. The van der Waals surface area contributed by atoms with Crippen LogP contribution in [0.5, 0.6) is 0 Å². The number of aryl methyl sites for hydroxylation is 2. The van der Waals surface area contributed by atoms with Crippen LogP contribution >= 0.6 is 0 Å². The summed E-state index contributed by atoms with van der Waals surface area (Å²) in [4.78, 5) is 7.04. The van der Waals surface area contributed by atoms with Gasteiger partial charge in [0.1, 0.15) is 0 Å². The summed E-state index contributed by atoms with van der Waals surface area (Å²) in [6.07, 6.45) is 4.14. The van der Waals surface area contributed by atoms with E-state index in [9.17, 15) is 0 Å². The molecule has 1 N–H and O–H groups in total. The molecular weight excluding hydrogens is 222 g/mol. The van der Waals surface area contributed by atoms with Gasteiger partial charge in [0.05, 0.1) is 0 Å². The Hall–Kier alpha value is -1.09. The lowest BCUT2D eigenvalue weighted by atomic mass is 10.1. The predicted octanol–water partition coefficient (Wildman–Crippen LogP) is 2.90. The molecular formula is C15H25N3. The van der Waals surface area contributed by atoms with E-state index in [1.807, 2.05) is 0 Å². The molecule has 100 valence electrons. The average Bonchev–Trinajstić information content (AvgIpc) is 2.36. The molecule has 0 aliphatic carbocycles. The van der Waals surface area contributed by atoms with Crippen LogP contribution in [0.15, 0.2) is 6.07 Å². The van der Waals surface area contributed by atoms with Crippen molar-refractivity contribution in [2.45, 2.75) is 40.0 Å². The molecule has 1 saturated heterocycles. The van der Waals surface area contributed by atoms with Crippen LogP contribution in [0.25, 0.3) is 0 Å². The smallest absolute Gasteiger partial charge is 0.0425 e. The Morgan fingerprint density at radius 2 is 1.89 bits per heavy atom. The normalized spacial score (nSPS) is 16.8. The van der Waals surface area contributed by atoms with Crippen molar-refractivity contribution in [3.8, 4) is 0 Å². The molecule has 0 amide bonds. The molecule has 1 aromatic heterocycles. The zero-order valence-electron chi connectivity index (χ0n) is 11.9. The molecule has 1 aromatic rings. The first-order chi connectivity index (χ1) is 8.66. The fourth-order valence-corrected chi connectivity index (χ4v) is 2.61. The maximum absolute atomic E-state index is 4.48. The summed E-state index contributed by atoms with van der Waals surface area (Å²) in [7, 11) is 0. The number of hydrogen-bond donors (Lipinski definition) is 1. The zero-order chi connectivity index (χ0) is 13.0. The highest BCUT2D eigenvalue weighted by Gasteiger charge is 2.09. The summed E-state index contributed by atoms with van der Waals surface area (Å²) in [6.45, 7) is 11.0. The molecule has 0 aromatic carbocycles. The van der Waals surface area contributed by atoms with E-state index in [4.69, 9.17) is 0 Å². The number of piperidine rings is 1. The van der Waals surface area contributed by atoms with Crippen molar-refractivity contribution in [3.63, 3.8) is 0 Å². The van der Waals surface area contributed by atoms with Crippen LogP contribution in [0.1, 0.15) is 36.2 Å². The molecule has 1 fully saturated rings. The second kappa shape index (κ2) is 6.19. The van der Waals surface area contributed by atoms with Crippen LogP contribution < -0.4 is 5.32 Å². The highest BCUT2D eigenvalue weighted by Crippen LogP contribution is 2.18. The van der Waals surface area contributed by atoms with Crippen LogP contribution in [0, 0.1) is 20.8 Å². The van der Waals surface area contributed by atoms with Crippen LogP contribution in [0.4, 0.5) is 5.69 Å². The fraction of sp³-hybridized carbons (Fsp3) is 0.667. The molecule has 2 rings (SSSR count). The van der Waals surface area contributed by atoms with Gasteiger partial charge in [-0.1, -0.05) is 6.42 Å². The molecule has 0 saturated carbocycles. The van der Waals surface area contributed by atoms with E-state index in [1.165, 1.54) is 43.6 Å². The lowest BCUT2D eigenvalue weighted by Gasteiger charge is -2.26. The van der Waals surface area contributed by atoms with Crippen LogP contribution in [0.3, 0.4) is 0 Å². The van der Waals surface area contributed by atoms with E-state index < -0.39 is 0 Å². The lowest BCUT2D eigenvalue weighted by molar-refractivity contribution is 0.237. The van der Waals surface area contributed by atoms with Gasteiger partial charge in [-0.3, -0.25) is 4.98 Å². The number of hydrogen-bond acceptors (Lipinski definition) is 3. The van der Waals surface area contributed by atoms with Gasteiger partial charge in [0, 0.05) is 30.2 Å². The molecule has 0 bridgehead atoms. The van der Waals surface area contributed by atoms with Gasteiger partial charge in [-0.05, 0) is 58.3 Å². The Morgan fingerprint density at radius 3 is 2.61 bits per heavy atom. The van der Waals surface area contributed by atoms with Crippen LogP contribution in [-0.2, 0) is 0 Å². The van der Waals surface area contributed by atoms with E-state index in [2.05, 4.69) is 42.0 Å². The minimum absolute atomic E-state index is 1.03. The van der Waals surface area contributed by atoms with Crippen molar-refractivity contribution in [1.82, 2.24) is 9.88 Å². The summed E-state index contributed by atoms with van der Waals surface area (Å²) < 4.78 is 0. The van der Waals surface area contributed by atoms with Crippen molar-refractivity contribution in [3.05, 3.63) is 23.0 Å². The second-order valence-electron chi connectivity index (χ2n) is 5.35. The van der Waals surface area contributed by atoms with Gasteiger partial charge in [0.25, 0.3) is 0 Å². The van der Waals surface area contributed by atoms with E-state index in [0.717, 1.165) is 24.5 Å². The number of likely N-dealkylation sites (tertiary alicyclic amines) is 1. The van der Waals surface area contributed by atoms with E-state index in [-0.39, 0.29) is 0 Å². The lowest BCUT2D eigenvalue weighted by Crippen LogP contribution is -2.33. The third-order valence-electron chi connectivity index (χ3n) is 3.84. The van der Waals surface area contributed by atoms with Crippen molar-refractivity contribution in [2.24, 2.45) is 0 Å². The number of nitrogens with one attached hydrogen (secondary N) is 1. The molecule has 18 heavy (non-hydrogen) atoms. The average molecular weight is 247 g/mol. The third kappa shape index (κ3) is 3.45. The quantitative estimate of drug-likeness (QED) is 0.886. The molecule has 0 spiro atoms. The molecule has 2 heterocycles. The van der Waals surface area contributed by atoms with Gasteiger partial charge in [0.15, 0.2) is 0 Å². The van der Waals surface area contributed by atoms with Gasteiger partial charge >= 0.3 is 0 Å². The topological polar surface area (TPSA) is 28.2 Å². The van der Waals surface area contributed by atoms with E-state index in [0.29, 0.717) is 0 Å². The molecule has 0 atom stereocenters. The standard InChI is InChI=1S/C15H25N3/c1-12-11-15(13(2)14(3)17-12)16-7-10-18-8-5-4-6-9-18/h11H,4-10H2,1-3H3,(H,16,17). The van der Waals surface area contributed by atoms with Gasteiger partial charge in [-0.15, -0.1) is 0 Å². The molecule has 1 aliphatic rings. The molecule has 3 nitrogen and oxygen atoms in total. The Kier molecular flexibility index (Phi) is 4.59. The molecule has 3 heteroatoms. The van der Waals surface area contributed by atoms with Crippen molar-refractivity contribution in [2.75, 3.05) is 31.5 Å². The monoisotopic (exact) mass is 247 g/mol. The van der Waals surface area contributed by atoms with Gasteiger partial charge in [0.2, 0.25) is 0 Å². The highest BCUT2D eigenvalue weighted by atomic mass is 15.1. The van der Waals surface area contributed by atoms with Gasteiger partial charge in [-0.25, -0.2) is 0 Å². The zero-order valence-corrected chi connectivity index (χ0v) is 11.9. The number of aromatic nitrogens is 1. The Labute approximate surface area is 111 Å². The summed E-state index contributed by atoms with van der Waals surface area (Å²) >= 11 is 0. The number of pyridine rings is 1. The van der Waals surface area contributed by atoms with E-state index >= 15 is 0 Å². The van der Waals surface area contributed by atoms with Gasteiger partial charge in [-0.2, -0.15) is 0 Å². The molecule has 0 unspecified atom stereocenters. The minimum Gasteiger partial charge on any atom is -0.383 e. The largest absolute Gasteiger partial charge is 0.383 e. The maximum atomic E-state index is 4.48. The number of nitrogens with zero attached hydrogens (tertiary/aromatic N) is 2. The molecule has 1 aliphatic heterocycles. The number of anilines is 1. The van der Waals surface area contributed by atoms with Crippen molar-refractivity contribution < 1.29 is 0 Å². The number of rotatable bonds is 4. The second-order valence-corrected chi connectivity index (χ2v) is 5.35. The van der Waals surface area contributed by atoms with Crippen molar-refractivity contribution >= 4 is 5.69 Å². The summed E-state index contributed by atoms with van der Waals surface area (Å²) in [5.41, 5.74) is 4.75. The van der Waals surface area contributed by atoms with Gasteiger partial charge < -0.3 is 10.2 Å². The summed E-state index contributed by atoms with van der Waals surface area (Å²) in [6, 6.07) is 2.15. The van der Waals surface area contributed by atoms with Crippen molar-refractivity contribution in [1.29, 1.82) is 0 Å². The third-order valence-corrected chi connectivity index (χ3v) is 3.84. The highest BCUT2D eigenvalue weighted by molar-refractivity contribution is 5.52. The maximum Gasteiger partial charge on any atom is 0.0425 e. The first-order valence-corrected chi connectivity index (χ1v) is 7.08. The van der Waals surface area contributed by atoms with Crippen LogP contribution in [-0.4, -0.2) is 36.1 Å². The SMILES string of the molecule is Cc1cc(NCCN2CCCCC2)c(C)c(C)n1. The predicted molar refractivity (Wildman–Crippen MR) is 77.2 cm³/mol. The summed E-state index contributed by atoms with van der Waals surface area (Å²) in [5, 5.41) is 3.56. The summed E-state index contributed by atoms with van der Waals surface area (Å²) in [5.74, 6) is 0. The van der Waals surface area contributed by atoms with Crippen LogP contribution in [0.2, 0.25) is 0 Å². The Morgan fingerprint density at radius 1 is 1.17 bits per heavy atom. The minimum atomic E-state index is 1.03. The van der Waals surface area contributed by atoms with E-state index in [1.54, 1.807) is 0 Å². The Balaban J connectivity index is 1.86. The molecule has 0 radical (unpaired) electrons. The first-order valence-electron chi connectivity index (χ1n) is 7.08.